The van der Waals surface area contributed by atoms with Crippen LogP contribution in [0.4, 0.5) is 18.9 Å². The van der Waals surface area contributed by atoms with Gasteiger partial charge < -0.3 is 10.3 Å². The van der Waals surface area contributed by atoms with E-state index in [1.807, 2.05) is 12.3 Å². The first-order chi connectivity index (χ1) is 11.0. The van der Waals surface area contributed by atoms with Crippen molar-refractivity contribution in [2.24, 2.45) is 11.8 Å². The Labute approximate surface area is 144 Å². The Morgan fingerprint density at radius 1 is 1.42 bits per heavy atom. The highest BCUT2D eigenvalue weighted by atomic mass is 32.1. The van der Waals surface area contributed by atoms with Crippen molar-refractivity contribution < 1.29 is 18.0 Å². The Bertz CT molecular complexity index is 579. The maximum atomic E-state index is 12.7. The van der Waals surface area contributed by atoms with Crippen molar-refractivity contribution in [1.29, 1.82) is 0 Å². The summed E-state index contributed by atoms with van der Waals surface area (Å²) in [6.07, 6.45) is -3.89. The van der Waals surface area contributed by atoms with Crippen LogP contribution in [-0.2, 0) is 4.79 Å². The molecular weight excluding hydrogens is 339 g/mol. The van der Waals surface area contributed by atoms with E-state index in [-0.39, 0.29) is 5.92 Å². The highest BCUT2D eigenvalue weighted by Gasteiger charge is 2.32. The predicted molar refractivity (Wildman–Crippen MR) is 91.5 cm³/mol. The van der Waals surface area contributed by atoms with E-state index in [9.17, 15) is 18.0 Å². The Balaban J connectivity index is 2.95. The average molecular weight is 363 g/mol. The van der Waals surface area contributed by atoms with Crippen molar-refractivity contribution in [3.8, 4) is 0 Å². The molecule has 0 radical (unpaired) electrons. The van der Waals surface area contributed by atoms with E-state index in [2.05, 4.69) is 19.2 Å². The van der Waals surface area contributed by atoms with Gasteiger partial charge in [0, 0.05) is 23.7 Å². The summed E-state index contributed by atoms with van der Waals surface area (Å²) in [6, 6.07) is 1.71. The molecule has 0 bridgehead atoms. The SMILES string of the molecule is CC(C)CC(C)c1sccc1NC(=O)/C(=C/N(C)N)CC(F)(F)F. The van der Waals surface area contributed by atoms with E-state index in [0.717, 1.165) is 22.5 Å². The normalized spacial score (nSPS) is 14.0. The van der Waals surface area contributed by atoms with Crippen LogP contribution in [0.1, 0.15) is 44.4 Å². The van der Waals surface area contributed by atoms with Crippen molar-refractivity contribution >= 4 is 22.9 Å². The highest BCUT2D eigenvalue weighted by molar-refractivity contribution is 7.10. The Hall–Kier alpha value is -1.54. The van der Waals surface area contributed by atoms with E-state index in [4.69, 9.17) is 5.84 Å². The maximum Gasteiger partial charge on any atom is 0.393 e. The summed E-state index contributed by atoms with van der Waals surface area (Å²) in [7, 11) is 1.37. The summed E-state index contributed by atoms with van der Waals surface area (Å²) in [4.78, 5) is 13.2. The van der Waals surface area contributed by atoms with Gasteiger partial charge in [0.25, 0.3) is 5.91 Å². The van der Waals surface area contributed by atoms with Crippen molar-refractivity contribution in [3.05, 3.63) is 28.1 Å². The Kier molecular flexibility index (Phi) is 7.28. The molecule has 3 N–H and O–H groups in total. The van der Waals surface area contributed by atoms with Gasteiger partial charge in [0.05, 0.1) is 12.1 Å². The molecule has 136 valence electrons. The fourth-order valence-corrected chi connectivity index (χ4v) is 3.39. The van der Waals surface area contributed by atoms with Crippen LogP contribution in [0.25, 0.3) is 0 Å². The molecule has 8 heteroatoms. The number of nitrogens with one attached hydrogen (secondary N) is 1. The molecule has 1 aromatic rings. The van der Waals surface area contributed by atoms with Crippen LogP contribution in [0.15, 0.2) is 23.2 Å². The number of thiophene rings is 1. The van der Waals surface area contributed by atoms with Crippen LogP contribution in [0, 0.1) is 5.92 Å². The van der Waals surface area contributed by atoms with Gasteiger partial charge in [-0.15, -0.1) is 11.3 Å². The van der Waals surface area contributed by atoms with Crippen LogP contribution in [0.3, 0.4) is 0 Å². The average Bonchev–Trinajstić information content (AvgIpc) is 2.83. The van der Waals surface area contributed by atoms with Crippen molar-refractivity contribution in [1.82, 2.24) is 5.01 Å². The van der Waals surface area contributed by atoms with Crippen LogP contribution in [-0.4, -0.2) is 24.1 Å². The lowest BCUT2D eigenvalue weighted by Crippen LogP contribution is -2.26. The first-order valence-electron chi connectivity index (χ1n) is 7.63. The highest BCUT2D eigenvalue weighted by Crippen LogP contribution is 2.34. The first kappa shape index (κ1) is 20.5. The number of anilines is 1. The van der Waals surface area contributed by atoms with Crippen LogP contribution >= 0.6 is 11.3 Å². The molecule has 0 spiro atoms. The second-order valence-electron chi connectivity index (χ2n) is 6.30. The molecule has 0 aliphatic carbocycles. The zero-order valence-corrected chi connectivity index (χ0v) is 15.1. The topological polar surface area (TPSA) is 58.4 Å². The minimum absolute atomic E-state index is 0.215. The summed E-state index contributed by atoms with van der Waals surface area (Å²) < 4.78 is 38.0. The molecule has 0 aromatic carbocycles. The fourth-order valence-electron chi connectivity index (χ4n) is 2.47. The van der Waals surface area contributed by atoms with Gasteiger partial charge in [-0.3, -0.25) is 4.79 Å². The van der Waals surface area contributed by atoms with Crippen LogP contribution < -0.4 is 11.2 Å². The second kappa shape index (κ2) is 8.53. The maximum absolute atomic E-state index is 12.7. The minimum atomic E-state index is -4.48. The number of alkyl halides is 3. The van der Waals surface area contributed by atoms with E-state index >= 15 is 0 Å². The lowest BCUT2D eigenvalue weighted by molar-refractivity contribution is -0.132. The fraction of sp³-hybridized carbons (Fsp3) is 0.562. The molecule has 0 aliphatic heterocycles. The molecule has 0 aliphatic rings. The van der Waals surface area contributed by atoms with Gasteiger partial charge in [0.15, 0.2) is 0 Å². The summed E-state index contributed by atoms with van der Waals surface area (Å²) in [5.74, 6) is 5.28. The Morgan fingerprint density at radius 3 is 2.54 bits per heavy atom. The molecule has 24 heavy (non-hydrogen) atoms. The molecule has 1 rings (SSSR count). The summed E-state index contributed by atoms with van der Waals surface area (Å²) in [5, 5.41) is 5.36. The zero-order valence-electron chi connectivity index (χ0n) is 14.3. The minimum Gasteiger partial charge on any atom is -0.321 e. The third-order valence-electron chi connectivity index (χ3n) is 3.26. The molecule has 0 saturated carbocycles. The van der Waals surface area contributed by atoms with E-state index in [1.54, 1.807) is 6.07 Å². The lowest BCUT2D eigenvalue weighted by atomic mass is 9.97. The number of carbonyl (C=O) groups excluding carboxylic acids is 1. The quantitative estimate of drug-likeness (QED) is 0.427. The third-order valence-corrected chi connectivity index (χ3v) is 4.41. The molecule has 1 atom stereocenters. The number of hydrogen-bond donors (Lipinski definition) is 2. The monoisotopic (exact) mass is 363 g/mol. The van der Waals surface area contributed by atoms with E-state index < -0.39 is 24.1 Å². The number of carbonyl (C=O) groups is 1. The van der Waals surface area contributed by atoms with Crippen molar-refractivity contribution in [2.75, 3.05) is 12.4 Å². The number of amides is 1. The number of rotatable bonds is 7. The van der Waals surface area contributed by atoms with Gasteiger partial charge in [-0.25, -0.2) is 5.84 Å². The van der Waals surface area contributed by atoms with Gasteiger partial charge in [0.2, 0.25) is 0 Å². The summed E-state index contributed by atoms with van der Waals surface area (Å²) in [6.45, 7) is 6.24. The number of hydrogen-bond acceptors (Lipinski definition) is 4. The van der Waals surface area contributed by atoms with E-state index in [0.29, 0.717) is 11.6 Å². The number of nitrogens with zero attached hydrogens (tertiary/aromatic N) is 1. The van der Waals surface area contributed by atoms with Crippen LogP contribution in [0.5, 0.6) is 0 Å². The first-order valence-corrected chi connectivity index (χ1v) is 8.51. The summed E-state index contributed by atoms with van der Waals surface area (Å²) in [5.41, 5.74) is 0.132. The smallest absolute Gasteiger partial charge is 0.321 e. The number of hydrazine groups is 1. The largest absolute Gasteiger partial charge is 0.393 e. The molecule has 0 saturated heterocycles. The number of nitrogens with two attached hydrogens (primary N) is 1. The van der Waals surface area contributed by atoms with Gasteiger partial charge in [-0.1, -0.05) is 20.8 Å². The molecule has 1 aromatic heterocycles. The van der Waals surface area contributed by atoms with Crippen LogP contribution in [0.2, 0.25) is 0 Å². The van der Waals surface area contributed by atoms with Gasteiger partial charge in [-0.2, -0.15) is 13.2 Å². The second-order valence-corrected chi connectivity index (χ2v) is 7.24. The molecular formula is C16H24F3N3OS. The third kappa shape index (κ3) is 6.92. The zero-order chi connectivity index (χ0) is 18.5. The molecule has 1 heterocycles. The molecule has 4 nitrogen and oxygen atoms in total. The molecule has 0 fully saturated rings. The molecule has 1 unspecified atom stereocenters. The van der Waals surface area contributed by atoms with Gasteiger partial charge in [0.1, 0.15) is 0 Å². The van der Waals surface area contributed by atoms with E-state index in [1.165, 1.54) is 18.4 Å². The standard InChI is InChI=1S/C16H24F3N3OS/c1-10(2)7-11(3)14-13(5-6-24-14)21-15(23)12(9-22(4)20)8-16(17,18)19/h5-6,9-11H,7-8,20H2,1-4H3,(H,21,23)/b12-9+. The van der Waals surface area contributed by atoms with Crippen molar-refractivity contribution in [3.63, 3.8) is 0 Å². The van der Waals surface area contributed by atoms with Gasteiger partial charge >= 0.3 is 6.18 Å². The summed E-state index contributed by atoms with van der Waals surface area (Å²) >= 11 is 1.49. The Morgan fingerprint density at radius 2 is 2.04 bits per heavy atom. The van der Waals surface area contributed by atoms with Gasteiger partial charge in [-0.05, 0) is 29.7 Å². The number of halogens is 3. The predicted octanol–water partition coefficient (Wildman–Crippen LogP) is 4.48. The molecule has 1 amide bonds. The lowest BCUT2D eigenvalue weighted by Gasteiger charge is -2.17. The van der Waals surface area contributed by atoms with Crippen molar-refractivity contribution in [2.45, 2.75) is 45.7 Å².